The van der Waals surface area contributed by atoms with E-state index >= 15 is 0 Å². The molecule has 0 fully saturated rings. The van der Waals surface area contributed by atoms with E-state index in [0.29, 0.717) is 11.5 Å². The van der Waals surface area contributed by atoms with Gasteiger partial charge >= 0.3 is 0 Å². The van der Waals surface area contributed by atoms with Gasteiger partial charge in [-0.25, -0.2) is 0 Å². The third-order valence-corrected chi connectivity index (χ3v) is 3.22. The fourth-order valence-electron chi connectivity index (χ4n) is 1.02. The lowest BCUT2D eigenvalue weighted by Crippen LogP contribution is -2.28. The van der Waals surface area contributed by atoms with Crippen LogP contribution in [-0.2, 0) is 6.54 Å². The molecule has 0 spiro atoms. The molecule has 0 aliphatic carbocycles. The van der Waals surface area contributed by atoms with Gasteiger partial charge in [-0.05, 0) is 35.1 Å². The minimum Gasteiger partial charge on any atom is -0.392 e. The van der Waals surface area contributed by atoms with Crippen LogP contribution in [0.15, 0.2) is 15.9 Å². The van der Waals surface area contributed by atoms with E-state index in [1.807, 2.05) is 7.05 Å². The fraction of sp³-hybridized carbons (Fsp3) is 0.375. The van der Waals surface area contributed by atoms with Gasteiger partial charge in [-0.15, -0.1) is 11.3 Å². The van der Waals surface area contributed by atoms with Crippen LogP contribution < -0.4 is 5.73 Å². The van der Waals surface area contributed by atoms with Crippen molar-refractivity contribution in [1.82, 2.24) is 4.90 Å². The molecule has 0 radical (unpaired) electrons. The van der Waals surface area contributed by atoms with Gasteiger partial charge in [0.2, 0.25) is 0 Å². The number of thiophene rings is 1. The largest absolute Gasteiger partial charge is 0.392 e. The van der Waals surface area contributed by atoms with Gasteiger partial charge < -0.3 is 5.73 Å². The molecular weight excluding hydrogens is 268 g/mol. The lowest BCUT2D eigenvalue weighted by molar-refractivity contribution is 0.378. The summed E-state index contributed by atoms with van der Waals surface area (Å²) >= 11 is 9.98. The molecule has 0 amide bonds. The Morgan fingerprint density at radius 2 is 2.38 bits per heavy atom. The summed E-state index contributed by atoms with van der Waals surface area (Å²) in [6.07, 6.45) is 0. The van der Waals surface area contributed by atoms with Crippen LogP contribution in [0.25, 0.3) is 0 Å². The van der Waals surface area contributed by atoms with E-state index in [2.05, 4.69) is 33.0 Å². The Bertz CT molecular complexity index is 298. The van der Waals surface area contributed by atoms with Gasteiger partial charge in [-0.2, -0.15) is 0 Å². The maximum atomic E-state index is 5.44. The number of hydrogen-bond acceptors (Lipinski definition) is 3. The standard InChI is InChI=1S/C8H11BrN2S2/c1-11(5-8(10)12)4-6-2-3-7(9)13-6/h2-3H,4-5H2,1H3,(H2,10,12). The average molecular weight is 279 g/mol. The number of nitrogens with zero attached hydrogens (tertiary/aromatic N) is 1. The van der Waals surface area contributed by atoms with Gasteiger partial charge in [0.05, 0.1) is 8.77 Å². The van der Waals surface area contributed by atoms with Gasteiger partial charge in [0, 0.05) is 18.0 Å². The molecule has 0 saturated carbocycles. The van der Waals surface area contributed by atoms with Gasteiger partial charge in [-0.1, -0.05) is 12.2 Å². The summed E-state index contributed by atoms with van der Waals surface area (Å²) in [5.74, 6) is 0. The molecule has 2 nitrogen and oxygen atoms in total. The Morgan fingerprint density at radius 3 is 2.85 bits per heavy atom. The SMILES string of the molecule is CN(CC(N)=S)Cc1ccc(Br)s1. The van der Waals surface area contributed by atoms with Crippen LogP contribution >= 0.6 is 39.5 Å². The molecule has 1 aromatic rings. The minimum atomic E-state index is 0.540. The van der Waals surface area contributed by atoms with Crippen LogP contribution in [0.3, 0.4) is 0 Å². The van der Waals surface area contributed by atoms with E-state index in [1.54, 1.807) is 11.3 Å². The van der Waals surface area contributed by atoms with Crippen LogP contribution in [0.1, 0.15) is 4.88 Å². The van der Waals surface area contributed by atoms with E-state index in [1.165, 1.54) is 4.88 Å². The van der Waals surface area contributed by atoms with E-state index in [9.17, 15) is 0 Å². The van der Waals surface area contributed by atoms with E-state index < -0.39 is 0 Å². The quantitative estimate of drug-likeness (QED) is 0.857. The van der Waals surface area contributed by atoms with Crippen molar-refractivity contribution in [2.45, 2.75) is 6.54 Å². The number of nitrogens with two attached hydrogens (primary N) is 1. The average Bonchev–Trinajstić information content (AvgIpc) is 2.33. The Kier molecular flexibility index (Phi) is 4.31. The molecular formula is C8H11BrN2S2. The van der Waals surface area contributed by atoms with Crippen molar-refractivity contribution < 1.29 is 0 Å². The van der Waals surface area contributed by atoms with Crippen LogP contribution in [0.2, 0.25) is 0 Å². The first-order valence-corrected chi connectivity index (χ1v) is 5.81. The highest BCUT2D eigenvalue weighted by molar-refractivity contribution is 9.11. The monoisotopic (exact) mass is 278 g/mol. The Labute approximate surface area is 95.9 Å². The van der Waals surface area contributed by atoms with E-state index in [0.717, 1.165) is 10.3 Å². The van der Waals surface area contributed by atoms with Crippen molar-refractivity contribution in [3.63, 3.8) is 0 Å². The minimum absolute atomic E-state index is 0.540. The summed E-state index contributed by atoms with van der Waals surface area (Å²) in [7, 11) is 2.01. The number of halogens is 1. The maximum Gasteiger partial charge on any atom is 0.0870 e. The van der Waals surface area contributed by atoms with E-state index in [4.69, 9.17) is 18.0 Å². The third-order valence-electron chi connectivity index (χ3n) is 1.48. The van der Waals surface area contributed by atoms with Crippen molar-refractivity contribution in [2.24, 2.45) is 5.73 Å². The summed E-state index contributed by atoms with van der Waals surface area (Å²) < 4.78 is 1.16. The molecule has 2 N–H and O–H groups in total. The second kappa shape index (κ2) is 5.05. The van der Waals surface area contributed by atoms with E-state index in [-0.39, 0.29) is 0 Å². The molecule has 1 heterocycles. The molecule has 72 valence electrons. The van der Waals surface area contributed by atoms with Crippen molar-refractivity contribution >= 4 is 44.5 Å². The molecule has 0 saturated heterocycles. The number of hydrogen-bond donors (Lipinski definition) is 1. The zero-order valence-electron chi connectivity index (χ0n) is 7.29. The maximum absolute atomic E-state index is 5.44. The molecule has 0 bridgehead atoms. The lowest BCUT2D eigenvalue weighted by atomic mass is 10.4. The zero-order valence-corrected chi connectivity index (χ0v) is 10.5. The number of likely N-dealkylation sites (N-methyl/N-ethyl adjacent to an activating group) is 1. The first-order chi connectivity index (χ1) is 6.08. The van der Waals surface area contributed by atoms with Gasteiger partial charge in [-0.3, -0.25) is 4.90 Å². The van der Waals surface area contributed by atoms with Crippen molar-refractivity contribution in [3.05, 3.63) is 20.8 Å². The Balaban J connectivity index is 2.44. The summed E-state index contributed by atoms with van der Waals surface area (Å²) in [6.45, 7) is 1.57. The third kappa shape index (κ3) is 4.17. The van der Waals surface area contributed by atoms with Crippen molar-refractivity contribution in [2.75, 3.05) is 13.6 Å². The molecule has 0 aliphatic rings. The summed E-state index contributed by atoms with van der Waals surface area (Å²) in [5.41, 5.74) is 5.44. The molecule has 5 heteroatoms. The van der Waals surface area contributed by atoms with Crippen LogP contribution in [-0.4, -0.2) is 23.5 Å². The Hall–Kier alpha value is 0.0300. The summed E-state index contributed by atoms with van der Waals surface area (Å²) in [5, 5.41) is 0. The molecule has 1 rings (SSSR count). The van der Waals surface area contributed by atoms with Crippen LogP contribution in [0, 0.1) is 0 Å². The zero-order chi connectivity index (χ0) is 9.84. The van der Waals surface area contributed by atoms with Crippen LogP contribution in [0.5, 0.6) is 0 Å². The first-order valence-electron chi connectivity index (χ1n) is 3.79. The normalized spacial score (nSPS) is 10.7. The topological polar surface area (TPSA) is 29.3 Å². The van der Waals surface area contributed by atoms with Crippen LogP contribution in [0.4, 0.5) is 0 Å². The first kappa shape index (κ1) is 11.1. The molecule has 0 atom stereocenters. The predicted molar refractivity (Wildman–Crippen MR) is 65.1 cm³/mol. The molecule has 0 aromatic carbocycles. The number of thiocarbonyl (C=S) groups is 1. The lowest BCUT2D eigenvalue weighted by Gasteiger charge is -2.13. The highest BCUT2D eigenvalue weighted by atomic mass is 79.9. The van der Waals surface area contributed by atoms with Gasteiger partial charge in [0.15, 0.2) is 0 Å². The Morgan fingerprint density at radius 1 is 1.69 bits per heavy atom. The smallest absolute Gasteiger partial charge is 0.0870 e. The van der Waals surface area contributed by atoms with Gasteiger partial charge in [0.25, 0.3) is 0 Å². The van der Waals surface area contributed by atoms with Crippen molar-refractivity contribution in [1.29, 1.82) is 0 Å². The molecule has 1 aromatic heterocycles. The fourth-order valence-corrected chi connectivity index (χ4v) is 2.81. The highest BCUT2D eigenvalue weighted by Gasteiger charge is 2.03. The highest BCUT2D eigenvalue weighted by Crippen LogP contribution is 2.22. The molecule has 0 unspecified atom stereocenters. The second-order valence-corrected chi connectivity index (χ2v) is 5.92. The van der Waals surface area contributed by atoms with Crippen molar-refractivity contribution in [3.8, 4) is 0 Å². The second-order valence-electron chi connectivity index (χ2n) is 2.84. The number of rotatable bonds is 4. The summed E-state index contributed by atoms with van der Waals surface area (Å²) in [4.78, 5) is 3.95. The van der Waals surface area contributed by atoms with Gasteiger partial charge in [0.1, 0.15) is 0 Å². The molecule has 13 heavy (non-hydrogen) atoms. The molecule has 0 aliphatic heterocycles. The predicted octanol–water partition coefficient (Wildman–Crippen LogP) is 2.23. The summed E-state index contributed by atoms with van der Waals surface area (Å²) in [6, 6.07) is 4.15.